The van der Waals surface area contributed by atoms with E-state index < -0.39 is 42.4 Å². The second kappa shape index (κ2) is 15.9. The van der Waals surface area contributed by atoms with Crippen molar-refractivity contribution in [2.75, 3.05) is 11.4 Å². The van der Waals surface area contributed by atoms with Crippen molar-refractivity contribution in [2.45, 2.75) is 51.7 Å². The van der Waals surface area contributed by atoms with Crippen molar-refractivity contribution < 1.29 is 47.4 Å². The van der Waals surface area contributed by atoms with Crippen LogP contribution in [0.1, 0.15) is 71.2 Å². The van der Waals surface area contributed by atoms with Crippen molar-refractivity contribution in [1.29, 1.82) is 0 Å². The number of hydrogen-bond donors (Lipinski definition) is 5. The number of alkyl halides is 3. The Labute approximate surface area is 257 Å². The maximum absolute atomic E-state index is 12.6. The Kier molecular flexibility index (Phi) is 13.0. The van der Waals surface area contributed by atoms with Crippen molar-refractivity contribution in [1.82, 2.24) is 4.98 Å². The first-order chi connectivity index (χ1) is 20.6. The number of aliphatic carboxylic acids is 2. The van der Waals surface area contributed by atoms with Crippen molar-refractivity contribution in [3.05, 3.63) is 66.7 Å². The lowest BCUT2D eigenvalue weighted by molar-refractivity contribution is -0.192. The van der Waals surface area contributed by atoms with Gasteiger partial charge in [-0.25, -0.2) is 9.78 Å². The number of halogens is 3. The molecule has 8 N–H and O–H groups in total. The van der Waals surface area contributed by atoms with E-state index in [1.54, 1.807) is 23.6 Å². The number of carboxylic acid groups (broad SMARTS) is 2. The summed E-state index contributed by atoms with van der Waals surface area (Å²) in [6.45, 7) is 1.84. The molecule has 0 fully saturated rings. The monoisotopic (exact) mass is 657 g/mol. The number of nitrogens with zero attached hydrogens (tertiary/aromatic N) is 2. The Bertz CT molecular complexity index is 1520. The van der Waals surface area contributed by atoms with Crippen molar-refractivity contribution in [3.8, 4) is 0 Å². The third-order valence-electron chi connectivity index (χ3n) is 5.95. The smallest absolute Gasteiger partial charge is 0.480 e. The zero-order chi connectivity index (χ0) is 33.2. The number of amides is 3. The van der Waals surface area contributed by atoms with Crippen LogP contribution in [0.3, 0.4) is 0 Å². The second-order valence-electron chi connectivity index (χ2n) is 9.09. The molecule has 0 spiro atoms. The summed E-state index contributed by atoms with van der Waals surface area (Å²) in [7, 11) is 0. The van der Waals surface area contributed by atoms with Gasteiger partial charge in [0, 0.05) is 22.4 Å². The molecule has 3 amide bonds. The highest BCUT2D eigenvalue weighted by atomic mass is 32.1. The van der Waals surface area contributed by atoms with E-state index in [9.17, 15) is 32.3 Å². The van der Waals surface area contributed by atoms with Crippen LogP contribution in [0.5, 0.6) is 0 Å². The van der Waals surface area contributed by atoms with Gasteiger partial charge in [0.25, 0.3) is 17.7 Å². The minimum atomic E-state index is -5.08. The number of anilines is 1. The molecule has 0 radical (unpaired) electrons. The molecule has 1 aliphatic rings. The molecule has 3 aromatic rings. The third kappa shape index (κ3) is 9.85. The fraction of sp³-hybridized carbons (Fsp3) is 0.333. The normalized spacial score (nSPS) is 12.0. The van der Waals surface area contributed by atoms with Gasteiger partial charge in [-0.1, -0.05) is 19.1 Å². The maximum Gasteiger partial charge on any atom is 0.490 e. The summed E-state index contributed by atoms with van der Waals surface area (Å²) in [6, 6.07) is 6.86. The Morgan fingerprint density at radius 3 is 2.18 bits per heavy atom. The highest BCUT2D eigenvalue weighted by molar-refractivity contribution is 7.14. The molecule has 2 aromatic heterocycles. The molecule has 0 saturated carbocycles. The highest BCUT2D eigenvalue weighted by Gasteiger charge is 2.38. The molecular weight excluding hydrogens is 627 g/mol. The molecule has 12 nitrogen and oxygen atoms in total. The number of nitrogens with two attached hydrogens (primary N) is 3. The maximum atomic E-state index is 12.6. The van der Waals surface area contributed by atoms with E-state index in [2.05, 4.69) is 4.98 Å². The molecule has 0 unspecified atom stereocenters. The number of aryl methyl sites for hydroxylation is 2. The Balaban J connectivity index is 0.000000264. The van der Waals surface area contributed by atoms with E-state index >= 15 is 0 Å². The van der Waals surface area contributed by atoms with E-state index in [1.807, 2.05) is 13.0 Å². The van der Waals surface area contributed by atoms with E-state index in [4.69, 9.17) is 32.2 Å². The van der Waals surface area contributed by atoms with Crippen LogP contribution in [-0.4, -0.2) is 57.6 Å². The first kappa shape index (κ1) is 35.8. The van der Waals surface area contributed by atoms with Gasteiger partial charge in [-0.2, -0.15) is 13.2 Å². The highest BCUT2D eigenvalue weighted by Crippen LogP contribution is 2.34. The van der Waals surface area contributed by atoms with Gasteiger partial charge in [0.15, 0.2) is 0 Å². The van der Waals surface area contributed by atoms with Gasteiger partial charge < -0.3 is 27.4 Å². The Morgan fingerprint density at radius 1 is 1.05 bits per heavy atom. The average molecular weight is 658 g/mol. The number of fused-ring (bicyclic) bond motifs is 1. The van der Waals surface area contributed by atoms with Gasteiger partial charge >= 0.3 is 18.1 Å². The predicted molar refractivity (Wildman–Crippen MR) is 157 cm³/mol. The molecule has 2 heterocycles. The zero-order valence-corrected chi connectivity index (χ0v) is 25.0. The SMILES string of the molecule is CCc1nc(N(CC(=O)O)C(=O)c2cccc(CN)c2)cs1.NC(=O)c1sc2c(c1C(N)=O)CCCC2.O=C(O)C(F)(F)F. The lowest BCUT2D eigenvalue weighted by Gasteiger charge is -2.18. The van der Waals surface area contributed by atoms with Crippen LogP contribution in [0.2, 0.25) is 0 Å². The van der Waals surface area contributed by atoms with Crippen LogP contribution in [-0.2, 0) is 35.4 Å². The number of thiophene rings is 1. The number of carbonyl (C=O) groups excluding carboxylic acids is 3. The molecule has 1 aliphatic carbocycles. The lowest BCUT2D eigenvalue weighted by Crippen LogP contribution is -2.36. The van der Waals surface area contributed by atoms with Crippen LogP contribution >= 0.6 is 22.7 Å². The average Bonchev–Trinajstić information content (AvgIpc) is 3.61. The summed E-state index contributed by atoms with van der Waals surface area (Å²) in [4.78, 5) is 62.0. The predicted octanol–water partition coefficient (Wildman–Crippen LogP) is 3.35. The molecule has 0 bridgehead atoms. The standard InChI is InChI=1S/C15H17N3O3S.C10H12N2O2S.C2HF3O2/c1-2-13-17-12(9-22-13)18(8-14(19)20)15(21)11-5-3-4-10(6-11)7-16;11-9(13)7-5-3-1-2-4-6(5)15-8(7)10(12)14;3-2(4,5)1(6)7/h3-6,9H,2,7-8,16H2,1H3,(H,19,20);1-4H2,(H2,11,13)(H2,12,14);(H,6,7). The number of carbonyl (C=O) groups is 5. The molecule has 238 valence electrons. The van der Waals surface area contributed by atoms with Gasteiger partial charge in [-0.05, 0) is 55.4 Å². The summed E-state index contributed by atoms with van der Waals surface area (Å²) in [5, 5.41) is 18.7. The van der Waals surface area contributed by atoms with Crippen molar-refractivity contribution in [3.63, 3.8) is 0 Å². The minimum absolute atomic E-state index is 0.316. The number of benzene rings is 1. The molecule has 0 saturated heterocycles. The number of aromatic nitrogens is 1. The van der Waals surface area contributed by atoms with Crippen LogP contribution in [0.25, 0.3) is 0 Å². The summed E-state index contributed by atoms with van der Waals surface area (Å²) < 4.78 is 31.7. The van der Waals surface area contributed by atoms with Crippen LogP contribution < -0.4 is 22.1 Å². The van der Waals surface area contributed by atoms with Gasteiger partial charge in [0.1, 0.15) is 17.2 Å². The van der Waals surface area contributed by atoms with Crippen LogP contribution in [0.15, 0.2) is 29.6 Å². The number of hydrogen-bond acceptors (Lipinski definition) is 9. The Morgan fingerprint density at radius 2 is 1.68 bits per heavy atom. The number of rotatable bonds is 8. The van der Waals surface area contributed by atoms with Gasteiger partial charge in [0.2, 0.25) is 0 Å². The Hall–Kier alpha value is -4.35. The first-order valence-electron chi connectivity index (χ1n) is 12.9. The summed E-state index contributed by atoms with van der Waals surface area (Å²) in [6.07, 6.45) is -0.445. The van der Waals surface area contributed by atoms with Gasteiger partial charge in [-0.15, -0.1) is 22.7 Å². The molecule has 1 aromatic carbocycles. The van der Waals surface area contributed by atoms with E-state index in [0.717, 1.165) is 53.1 Å². The first-order valence-corrected chi connectivity index (χ1v) is 14.6. The van der Waals surface area contributed by atoms with Crippen molar-refractivity contribution >= 4 is 58.2 Å². The number of carboxylic acids is 2. The lowest BCUT2D eigenvalue weighted by atomic mass is 9.94. The number of primary amides is 2. The third-order valence-corrected chi connectivity index (χ3v) is 8.24. The largest absolute Gasteiger partial charge is 0.490 e. The molecule has 0 aliphatic heterocycles. The zero-order valence-electron chi connectivity index (χ0n) is 23.3. The van der Waals surface area contributed by atoms with Gasteiger partial charge in [0.05, 0.1) is 10.6 Å². The topological polar surface area (TPSA) is 220 Å². The van der Waals surface area contributed by atoms with E-state index in [1.165, 1.54) is 27.6 Å². The van der Waals surface area contributed by atoms with Gasteiger partial charge in [-0.3, -0.25) is 24.1 Å². The molecule has 17 heteroatoms. The summed E-state index contributed by atoms with van der Waals surface area (Å²) in [5.41, 5.74) is 18.6. The van der Waals surface area contributed by atoms with Crippen LogP contribution in [0.4, 0.5) is 19.0 Å². The van der Waals surface area contributed by atoms with E-state index in [0.29, 0.717) is 28.4 Å². The second-order valence-corrected chi connectivity index (χ2v) is 11.1. The molecule has 44 heavy (non-hydrogen) atoms. The van der Waals surface area contributed by atoms with Crippen LogP contribution in [0, 0.1) is 0 Å². The van der Waals surface area contributed by atoms with E-state index in [-0.39, 0.29) is 0 Å². The summed E-state index contributed by atoms with van der Waals surface area (Å²) >= 11 is 2.73. The quantitative estimate of drug-likeness (QED) is 0.239. The summed E-state index contributed by atoms with van der Waals surface area (Å²) in [5.74, 6) is -4.97. The minimum Gasteiger partial charge on any atom is -0.480 e. The van der Waals surface area contributed by atoms with Crippen molar-refractivity contribution in [2.24, 2.45) is 17.2 Å². The molecule has 4 rings (SSSR count). The fourth-order valence-electron chi connectivity index (χ4n) is 3.97. The molecule has 0 atom stereocenters. The number of thiazole rings is 1. The molecular formula is C27H30F3N5O7S2. The fourth-order valence-corrected chi connectivity index (χ4v) is 5.95.